The number of halogens is 2. The maximum absolute atomic E-state index is 11.6. The number of nitrogens with zero attached hydrogens (tertiary/aromatic N) is 3. The molecule has 0 aliphatic heterocycles. The second-order valence-corrected chi connectivity index (χ2v) is 4.96. The molecule has 1 heterocycles. The van der Waals surface area contributed by atoms with Crippen molar-refractivity contribution in [1.82, 2.24) is 15.6 Å². The van der Waals surface area contributed by atoms with Crippen LogP contribution in [0, 0.1) is 0 Å². The highest BCUT2D eigenvalue weighted by atomic mass is 35.5. The molecule has 0 aliphatic carbocycles. The Morgan fingerprint density at radius 1 is 1.45 bits per heavy atom. The van der Waals surface area contributed by atoms with E-state index in [1.54, 1.807) is 0 Å². The van der Waals surface area contributed by atoms with E-state index in [0.29, 0.717) is 10.6 Å². The molecule has 1 aromatic heterocycles. The molecule has 0 atom stereocenters. The summed E-state index contributed by atoms with van der Waals surface area (Å²) in [6.07, 6.45) is 1.41. The quantitative estimate of drug-likeness (QED) is 0.557. The molecule has 1 amide bonds. The van der Waals surface area contributed by atoms with Crippen LogP contribution in [0.2, 0.25) is 10.0 Å². The first-order valence-corrected chi connectivity index (χ1v) is 6.78. The molecule has 0 aliphatic rings. The highest BCUT2D eigenvalue weighted by molar-refractivity contribution is 6.36. The van der Waals surface area contributed by atoms with Crippen molar-refractivity contribution >= 4 is 41.1 Å². The molecule has 0 radical (unpaired) electrons. The summed E-state index contributed by atoms with van der Waals surface area (Å²) in [5, 5.41) is 19.5. The van der Waals surface area contributed by atoms with Crippen molar-refractivity contribution < 1.29 is 14.5 Å². The van der Waals surface area contributed by atoms with Crippen molar-refractivity contribution in [3.05, 3.63) is 33.4 Å². The van der Waals surface area contributed by atoms with Gasteiger partial charge < -0.3 is 16.2 Å². The summed E-state index contributed by atoms with van der Waals surface area (Å²) in [4.78, 5) is 15.7. The van der Waals surface area contributed by atoms with E-state index < -0.39 is 5.91 Å². The van der Waals surface area contributed by atoms with Crippen molar-refractivity contribution in [3.63, 3.8) is 0 Å². The molecule has 10 heteroatoms. The Hall–Kier alpha value is -2.32. The van der Waals surface area contributed by atoms with Crippen LogP contribution in [0.4, 0.5) is 5.82 Å². The van der Waals surface area contributed by atoms with Crippen LogP contribution in [-0.2, 0) is 0 Å². The number of nitrogens with two attached hydrogens (primary N) is 1. The number of nitrogens with one attached hydrogen (secondary N) is 1. The third-order valence-electron chi connectivity index (χ3n) is 2.54. The molecule has 8 nitrogen and oxygen atoms in total. The van der Waals surface area contributed by atoms with Gasteiger partial charge in [0.05, 0.1) is 11.6 Å². The number of carbonyl (C=O) groups is 1. The summed E-state index contributed by atoms with van der Waals surface area (Å²) in [6, 6.07) is 2.94. The number of hydrogen-bond acceptors (Lipinski definition) is 7. The minimum Gasteiger partial charge on any atom is -0.506 e. The fraction of sp³-hybridized carbons (Fsp3) is 0.167. The zero-order chi connectivity index (χ0) is 16.1. The fourth-order valence-electron chi connectivity index (χ4n) is 1.52. The largest absolute Gasteiger partial charge is 0.506 e. The van der Waals surface area contributed by atoms with Crippen molar-refractivity contribution in [2.45, 2.75) is 0 Å². The van der Waals surface area contributed by atoms with Gasteiger partial charge >= 0.3 is 0 Å². The third-order valence-corrected chi connectivity index (χ3v) is 3.05. The molecule has 4 N–H and O–H groups in total. The van der Waals surface area contributed by atoms with Gasteiger partial charge in [0.2, 0.25) is 11.5 Å². The average molecular weight is 344 g/mol. The Morgan fingerprint density at radius 2 is 2.23 bits per heavy atom. The molecule has 0 unspecified atom stereocenters. The summed E-state index contributed by atoms with van der Waals surface area (Å²) in [7, 11) is 0. The lowest BCUT2D eigenvalue weighted by Gasteiger charge is -2.03. The van der Waals surface area contributed by atoms with Gasteiger partial charge in [-0.3, -0.25) is 9.79 Å². The number of phenols is 1. The molecule has 0 spiro atoms. The molecule has 1 aromatic carbocycles. The van der Waals surface area contributed by atoms with Crippen LogP contribution in [0.25, 0.3) is 0 Å². The summed E-state index contributed by atoms with van der Waals surface area (Å²) in [5.41, 5.74) is 5.69. The van der Waals surface area contributed by atoms with Crippen molar-refractivity contribution in [2.24, 2.45) is 4.99 Å². The van der Waals surface area contributed by atoms with E-state index in [-0.39, 0.29) is 35.4 Å². The predicted molar refractivity (Wildman–Crippen MR) is 81.6 cm³/mol. The predicted octanol–water partition coefficient (Wildman–Crippen LogP) is 1.51. The van der Waals surface area contributed by atoms with E-state index in [4.69, 9.17) is 28.9 Å². The van der Waals surface area contributed by atoms with Crippen molar-refractivity contribution in [3.8, 4) is 5.75 Å². The number of aromatic hydroxyl groups is 1. The molecule has 22 heavy (non-hydrogen) atoms. The monoisotopic (exact) mass is 343 g/mol. The summed E-state index contributed by atoms with van der Waals surface area (Å²) >= 11 is 11.6. The van der Waals surface area contributed by atoms with Gasteiger partial charge in [-0.05, 0) is 22.4 Å². The van der Waals surface area contributed by atoms with Gasteiger partial charge in [0.15, 0.2) is 0 Å². The molecule has 2 aromatic rings. The Morgan fingerprint density at radius 3 is 2.91 bits per heavy atom. The number of nitrogen functional groups attached to an aromatic ring is 1. The van der Waals surface area contributed by atoms with E-state index in [2.05, 4.69) is 25.3 Å². The standard InChI is InChI=1S/C12H11Cl2N5O3/c13-7-3-6(10(20)8(14)4-7)5-16-1-2-17-12(21)9-11(15)19-22-18-9/h3-5,20H,1-2H2,(H2,15,19)(H,17,21). The van der Waals surface area contributed by atoms with Crippen LogP contribution in [0.1, 0.15) is 16.1 Å². The maximum atomic E-state index is 11.6. The van der Waals surface area contributed by atoms with Gasteiger partial charge in [-0.2, -0.15) is 0 Å². The van der Waals surface area contributed by atoms with Gasteiger partial charge in [-0.25, -0.2) is 4.63 Å². The summed E-state index contributed by atoms with van der Waals surface area (Å²) in [5.74, 6) is -0.706. The molecular formula is C12H11Cl2N5O3. The van der Waals surface area contributed by atoms with Crippen LogP contribution in [0.3, 0.4) is 0 Å². The topological polar surface area (TPSA) is 127 Å². The lowest BCUT2D eigenvalue weighted by atomic mass is 10.2. The smallest absolute Gasteiger partial charge is 0.277 e. The van der Waals surface area contributed by atoms with E-state index in [1.807, 2.05) is 0 Å². The minimum atomic E-state index is -0.511. The zero-order valence-corrected chi connectivity index (χ0v) is 12.6. The first-order valence-electron chi connectivity index (χ1n) is 6.03. The Kier molecular flexibility index (Phi) is 5.18. The highest BCUT2D eigenvalue weighted by Crippen LogP contribution is 2.29. The molecule has 0 saturated carbocycles. The third kappa shape index (κ3) is 3.86. The van der Waals surface area contributed by atoms with Crippen LogP contribution < -0.4 is 11.1 Å². The molecule has 0 saturated heterocycles. The first kappa shape index (κ1) is 16.1. The number of carbonyl (C=O) groups excluding carboxylic acids is 1. The van der Waals surface area contributed by atoms with Crippen LogP contribution in [-0.4, -0.2) is 40.6 Å². The van der Waals surface area contributed by atoms with Crippen LogP contribution in [0.5, 0.6) is 5.75 Å². The zero-order valence-electron chi connectivity index (χ0n) is 11.1. The summed E-state index contributed by atoms with van der Waals surface area (Å²) in [6.45, 7) is 0.497. The highest BCUT2D eigenvalue weighted by Gasteiger charge is 2.14. The van der Waals surface area contributed by atoms with Gasteiger partial charge in [0, 0.05) is 23.3 Å². The average Bonchev–Trinajstić information content (AvgIpc) is 2.89. The number of aliphatic imine (C=N–C) groups is 1. The number of benzene rings is 1. The first-order chi connectivity index (χ1) is 10.5. The van der Waals surface area contributed by atoms with Gasteiger partial charge in [-0.1, -0.05) is 23.2 Å². The number of rotatable bonds is 5. The van der Waals surface area contributed by atoms with Crippen molar-refractivity contribution in [1.29, 1.82) is 0 Å². The Bertz CT molecular complexity index is 717. The second kappa shape index (κ2) is 7.10. The number of aromatic nitrogens is 2. The molecule has 0 fully saturated rings. The molecular weight excluding hydrogens is 333 g/mol. The maximum Gasteiger partial charge on any atom is 0.277 e. The van der Waals surface area contributed by atoms with Gasteiger partial charge in [0.1, 0.15) is 5.75 Å². The Labute approximate surface area is 134 Å². The number of amides is 1. The molecule has 2 rings (SSSR count). The molecule has 116 valence electrons. The van der Waals surface area contributed by atoms with Crippen LogP contribution >= 0.6 is 23.2 Å². The van der Waals surface area contributed by atoms with Crippen LogP contribution in [0.15, 0.2) is 21.8 Å². The SMILES string of the molecule is Nc1nonc1C(=O)NCCN=Cc1cc(Cl)cc(Cl)c1O. The number of phenolic OH excluding ortho intramolecular Hbond substituents is 1. The van der Waals surface area contributed by atoms with Crippen molar-refractivity contribution in [2.75, 3.05) is 18.8 Å². The van der Waals surface area contributed by atoms with E-state index >= 15 is 0 Å². The van der Waals surface area contributed by atoms with E-state index in [1.165, 1.54) is 18.3 Å². The lowest BCUT2D eigenvalue weighted by Crippen LogP contribution is -2.27. The molecule has 0 bridgehead atoms. The van der Waals surface area contributed by atoms with Gasteiger partial charge in [0.25, 0.3) is 5.91 Å². The lowest BCUT2D eigenvalue weighted by molar-refractivity contribution is 0.0945. The Balaban J connectivity index is 1.87. The normalized spacial score (nSPS) is 11.0. The number of anilines is 1. The van der Waals surface area contributed by atoms with E-state index in [9.17, 15) is 9.90 Å². The second-order valence-electron chi connectivity index (χ2n) is 4.11. The minimum absolute atomic E-state index is 0.0803. The number of hydrogen-bond donors (Lipinski definition) is 3. The fourth-order valence-corrected chi connectivity index (χ4v) is 2.03. The van der Waals surface area contributed by atoms with E-state index in [0.717, 1.165) is 0 Å². The summed E-state index contributed by atoms with van der Waals surface area (Å²) < 4.78 is 4.32. The van der Waals surface area contributed by atoms with Gasteiger partial charge in [-0.15, -0.1) is 0 Å².